The lowest BCUT2D eigenvalue weighted by molar-refractivity contribution is 0.462. The van der Waals surface area contributed by atoms with Crippen LogP contribution in [0, 0.1) is 0 Å². The Morgan fingerprint density at radius 1 is 1.06 bits per heavy atom. The van der Waals surface area contributed by atoms with Gasteiger partial charge in [-0.15, -0.1) is 0 Å². The highest BCUT2D eigenvalue weighted by Gasteiger charge is 2.20. The van der Waals surface area contributed by atoms with Crippen molar-refractivity contribution < 1.29 is 25.9 Å². The first-order valence-corrected chi connectivity index (χ1v) is 10.9. The molecule has 110 valence electrons. The molecule has 0 spiro atoms. The lowest BCUT2D eigenvalue weighted by Gasteiger charge is -2.10. The van der Waals surface area contributed by atoms with Gasteiger partial charge in [-0.05, 0) is 19.3 Å². The standard InChI is InChI=1S/C8H18O6S4/c1-2-8(18(12,13)14)4-6-16-15-5-3-7-17(9,10)11/h8H,2-7H2,1H3,(H,9,10,11)(H,12,13,14). The van der Waals surface area contributed by atoms with Crippen molar-refractivity contribution in [2.24, 2.45) is 0 Å². The Morgan fingerprint density at radius 2 is 1.61 bits per heavy atom. The van der Waals surface area contributed by atoms with Crippen LogP contribution >= 0.6 is 21.6 Å². The first kappa shape index (κ1) is 18.5. The van der Waals surface area contributed by atoms with Crippen molar-refractivity contribution in [2.45, 2.75) is 31.4 Å². The Morgan fingerprint density at radius 3 is 2.06 bits per heavy atom. The average molecular weight is 338 g/mol. The van der Waals surface area contributed by atoms with Gasteiger partial charge >= 0.3 is 0 Å². The van der Waals surface area contributed by atoms with Crippen LogP contribution in [0.2, 0.25) is 0 Å². The summed E-state index contributed by atoms with van der Waals surface area (Å²) in [6.07, 6.45) is 1.09. The lowest BCUT2D eigenvalue weighted by atomic mass is 10.3. The maximum atomic E-state index is 10.9. The lowest BCUT2D eigenvalue weighted by Crippen LogP contribution is -2.20. The van der Waals surface area contributed by atoms with Crippen LogP contribution in [0.25, 0.3) is 0 Å². The SMILES string of the molecule is CCC(CCSSCCCS(=O)(=O)O)S(=O)(=O)O. The summed E-state index contributed by atoms with van der Waals surface area (Å²) in [6, 6.07) is 0. The first-order chi connectivity index (χ1) is 8.17. The van der Waals surface area contributed by atoms with Crippen LogP contribution in [0.1, 0.15) is 26.2 Å². The van der Waals surface area contributed by atoms with Gasteiger partial charge in [0.25, 0.3) is 20.2 Å². The summed E-state index contributed by atoms with van der Waals surface area (Å²) < 4.78 is 59.9. The second-order valence-corrected chi connectivity index (χ2v) is 9.59. The summed E-state index contributed by atoms with van der Waals surface area (Å²) in [5.74, 6) is 0.866. The predicted molar refractivity (Wildman–Crippen MR) is 76.2 cm³/mol. The van der Waals surface area contributed by atoms with Crippen LogP contribution in [-0.4, -0.2) is 48.4 Å². The molecule has 0 radical (unpaired) electrons. The van der Waals surface area contributed by atoms with E-state index in [0.717, 1.165) is 0 Å². The first-order valence-electron chi connectivity index (χ1n) is 5.32. The Balaban J connectivity index is 3.63. The third kappa shape index (κ3) is 10.4. The van der Waals surface area contributed by atoms with Crippen molar-refractivity contribution in [3.8, 4) is 0 Å². The molecule has 0 saturated carbocycles. The van der Waals surface area contributed by atoms with E-state index >= 15 is 0 Å². The largest absolute Gasteiger partial charge is 0.286 e. The van der Waals surface area contributed by atoms with E-state index in [1.165, 1.54) is 21.6 Å². The highest BCUT2D eigenvalue weighted by Crippen LogP contribution is 2.25. The molecule has 0 amide bonds. The van der Waals surface area contributed by atoms with Gasteiger partial charge < -0.3 is 0 Å². The second kappa shape index (κ2) is 8.64. The van der Waals surface area contributed by atoms with Crippen LogP contribution in [0.3, 0.4) is 0 Å². The molecule has 0 fully saturated rings. The van der Waals surface area contributed by atoms with Crippen LogP contribution in [0.15, 0.2) is 0 Å². The topological polar surface area (TPSA) is 109 Å². The molecule has 1 unspecified atom stereocenters. The van der Waals surface area contributed by atoms with E-state index in [9.17, 15) is 16.8 Å². The highest BCUT2D eigenvalue weighted by atomic mass is 33.1. The van der Waals surface area contributed by atoms with Gasteiger partial charge in [0, 0.05) is 11.5 Å². The fraction of sp³-hybridized carbons (Fsp3) is 1.00. The minimum atomic E-state index is -3.97. The monoisotopic (exact) mass is 338 g/mol. The Bertz CT molecular complexity index is 415. The molecule has 0 aromatic carbocycles. The second-order valence-electron chi connectivity index (χ2n) is 3.62. The minimum absolute atomic E-state index is 0.261. The Kier molecular flexibility index (Phi) is 8.89. The molecule has 1 atom stereocenters. The molecule has 18 heavy (non-hydrogen) atoms. The summed E-state index contributed by atoms with van der Waals surface area (Å²) in [4.78, 5) is 0. The average Bonchev–Trinajstić information content (AvgIpc) is 2.18. The van der Waals surface area contributed by atoms with Crippen LogP contribution in [0.5, 0.6) is 0 Å². The number of hydrogen-bond acceptors (Lipinski definition) is 6. The highest BCUT2D eigenvalue weighted by molar-refractivity contribution is 8.76. The predicted octanol–water partition coefficient (Wildman–Crippen LogP) is 1.70. The molecule has 6 nitrogen and oxygen atoms in total. The van der Waals surface area contributed by atoms with Gasteiger partial charge in [0.2, 0.25) is 0 Å². The van der Waals surface area contributed by atoms with E-state index in [2.05, 4.69) is 0 Å². The van der Waals surface area contributed by atoms with Crippen molar-refractivity contribution in [3.63, 3.8) is 0 Å². The minimum Gasteiger partial charge on any atom is -0.286 e. The zero-order valence-electron chi connectivity index (χ0n) is 9.98. The molecule has 0 bridgehead atoms. The third-order valence-corrected chi connectivity index (χ3v) is 6.85. The number of hydrogen-bond donors (Lipinski definition) is 2. The van der Waals surface area contributed by atoms with Gasteiger partial charge in [-0.3, -0.25) is 9.11 Å². The molecular formula is C8H18O6S4. The molecule has 2 N–H and O–H groups in total. The van der Waals surface area contributed by atoms with Crippen molar-refractivity contribution in [1.29, 1.82) is 0 Å². The van der Waals surface area contributed by atoms with E-state index in [1.54, 1.807) is 6.92 Å². The van der Waals surface area contributed by atoms with Gasteiger partial charge in [0.15, 0.2) is 0 Å². The van der Waals surface area contributed by atoms with Crippen LogP contribution in [0.4, 0.5) is 0 Å². The van der Waals surface area contributed by atoms with Crippen molar-refractivity contribution >= 4 is 41.8 Å². The van der Waals surface area contributed by atoms with E-state index in [1.807, 2.05) is 0 Å². The summed E-state index contributed by atoms with van der Waals surface area (Å²) in [7, 11) is -5.01. The fourth-order valence-electron chi connectivity index (χ4n) is 1.16. The van der Waals surface area contributed by atoms with E-state index in [-0.39, 0.29) is 5.75 Å². The molecule has 10 heteroatoms. The maximum absolute atomic E-state index is 10.9. The Labute approximate surface area is 116 Å². The molecule has 0 saturated heterocycles. The molecule has 0 aromatic heterocycles. The quantitative estimate of drug-likeness (QED) is 0.352. The molecule has 0 aromatic rings. The summed E-state index contributed by atoms with van der Waals surface area (Å²) in [5.41, 5.74) is 0. The maximum Gasteiger partial charge on any atom is 0.267 e. The van der Waals surface area contributed by atoms with Crippen LogP contribution < -0.4 is 0 Å². The van der Waals surface area contributed by atoms with Crippen LogP contribution in [-0.2, 0) is 20.2 Å². The summed E-state index contributed by atoms with van der Waals surface area (Å²) in [6.45, 7) is 1.70. The van der Waals surface area contributed by atoms with E-state index in [0.29, 0.717) is 30.8 Å². The molecule has 0 aliphatic rings. The smallest absolute Gasteiger partial charge is 0.267 e. The summed E-state index contributed by atoms with van der Waals surface area (Å²) >= 11 is 0. The molecule has 0 aliphatic heterocycles. The molecule has 0 rings (SSSR count). The zero-order valence-corrected chi connectivity index (χ0v) is 13.2. The third-order valence-electron chi connectivity index (χ3n) is 2.11. The van der Waals surface area contributed by atoms with Gasteiger partial charge in [-0.1, -0.05) is 28.5 Å². The molecule has 0 heterocycles. The van der Waals surface area contributed by atoms with E-state index in [4.69, 9.17) is 9.11 Å². The number of rotatable bonds is 10. The van der Waals surface area contributed by atoms with Crippen molar-refractivity contribution in [1.82, 2.24) is 0 Å². The van der Waals surface area contributed by atoms with E-state index < -0.39 is 25.5 Å². The summed E-state index contributed by atoms with van der Waals surface area (Å²) in [5, 5.41) is -0.733. The molecule has 0 aliphatic carbocycles. The van der Waals surface area contributed by atoms with Crippen molar-refractivity contribution in [2.75, 3.05) is 17.3 Å². The zero-order chi connectivity index (χ0) is 14.2. The Hall–Kier alpha value is 0.520. The van der Waals surface area contributed by atoms with Crippen molar-refractivity contribution in [3.05, 3.63) is 0 Å². The van der Waals surface area contributed by atoms with Gasteiger partial charge in [-0.25, -0.2) is 0 Å². The molecular weight excluding hydrogens is 320 g/mol. The van der Waals surface area contributed by atoms with Gasteiger partial charge in [-0.2, -0.15) is 16.8 Å². The fourth-order valence-corrected chi connectivity index (χ4v) is 5.07. The van der Waals surface area contributed by atoms with Gasteiger partial charge in [0.05, 0.1) is 11.0 Å². The van der Waals surface area contributed by atoms with Gasteiger partial charge in [0.1, 0.15) is 0 Å². The normalized spacial score (nSPS) is 14.6.